The molecule has 1 aromatic rings. The van der Waals surface area contributed by atoms with Crippen LogP contribution >= 0.6 is 0 Å². The maximum atomic E-state index is 12.1. The van der Waals surface area contributed by atoms with E-state index in [2.05, 4.69) is 15.6 Å². The van der Waals surface area contributed by atoms with Crippen LogP contribution in [-0.4, -0.2) is 42.4 Å². The quantitative estimate of drug-likeness (QED) is 0.876. The number of sulfone groups is 1. The Morgan fingerprint density at radius 1 is 1.38 bits per heavy atom. The highest BCUT2D eigenvalue weighted by atomic mass is 32.2. The number of hydrogen-bond acceptors (Lipinski definition) is 5. The van der Waals surface area contributed by atoms with Crippen LogP contribution in [0.2, 0.25) is 0 Å². The third-order valence-corrected chi connectivity index (χ3v) is 4.85. The van der Waals surface area contributed by atoms with Crippen LogP contribution in [0.4, 0.5) is 5.69 Å². The smallest absolute Gasteiger partial charge is 0.270 e. The second kappa shape index (κ2) is 5.63. The first-order valence-electron chi connectivity index (χ1n) is 6.90. The lowest BCUT2D eigenvalue weighted by Crippen LogP contribution is -2.40. The molecule has 1 amide bonds. The van der Waals surface area contributed by atoms with Gasteiger partial charge in [-0.2, -0.15) is 0 Å². The summed E-state index contributed by atoms with van der Waals surface area (Å²) < 4.78 is 22.9. The Labute approximate surface area is 125 Å². The maximum absolute atomic E-state index is 12.1. The highest BCUT2D eigenvalue weighted by Gasteiger charge is 2.27. The third kappa shape index (κ3) is 4.70. The molecule has 6 nitrogen and oxygen atoms in total. The Hall–Kier alpha value is -1.63. The van der Waals surface area contributed by atoms with E-state index in [9.17, 15) is 13.2 Å². The van der Waals surface area contributed by atoms with E-state index in [0.717, 1.165) is 0 Å². The van der Waals surface area contributed by atoms with Crippen molar-refractivity contribution in [3.05, 3.63) is 24.0 Å². The summed E-state index contributed by atoms with van der Waals surface area (Å²) in [6, 6.07) is 3.28. The average molecular weight is 311 g/mol. The molecule has 0 radical (unpaired) electrons. The fourth-order valence-electron chi connectivity index (χ4n) is 2.19. The number of pyridine rings is 1. The number of nitrogens with one attached hydrogen (secondary N) is 2. The number of aromatic nitrogens is 1. The molecule has 0 spiro atoms. The molecule has 2 rings (SSSR count). The molecule has 0 aliphatic carbocycles. The summed E-state index contributed by atoms with van der Waals surface area (Å²) in [6.45, 7) is 5.70. The molecule has 1 aromatic heterocycles. The zero-order chi connectivity index (χ0) is 15.7. The fraction of sp³-hybridized carbons (Fsp3) is 0.571. The summed E-state index contributed by atoms with van der Waals surface area (Å²) in [7, 11) is -2.92. The van der Waals surface area contributed by atoms with E-state index in [1.807, 2.05) is 20.8 Å². The van der Waals surface area contributed by atoms with E-state index in [-0.39, 0.29) is 29.0 Å². The van der Waals surface area contributed by atoms with Gasteiger partial charge in [-0.15, -0.1) is 0 Å². The summed E-state index contributed by atoms with van der Waals surface area (Å²) in [5.41, 5.74) is 0.698. The van der Waals surface area contributed by atoms with Gasteiger partial charge in [0.15, 0.2) is 9.84 Å². The Bertz CT molecular complexity index is 635. The van der Waals surface area contributed by atoms with E-state index in [4.69, 9.17) is 0 Å². The van der Waals surface area contributed by atoms with Gasteiger partial charge in [-0.25, -0.2) is 8.42 Å². The number of hydrogen-bond donors (Lipinski definition) is 2. The van der Waals surface area contributed by atoms with Crippen molar-refractivity contribution in [2.75, 3.05) is 16.8 Å². The van der Waals surface area contributed by atoms with E-state index >= 15 is 0 Å². The summed E-state index contributed by atoms with van der Waals surface area (Å²) in [5.74, 6) is 0.108. The monoisotopic (exact) mass is 311 g/mol. The normalized spacial score (nSPS) is 21.0. The first-order chi connectivity index (χ1) is 9.65. The van der Waals surface area contributed by atoms with E-state index in [1.54, 1.807) is 18.3 Å². The van der Waals surface area contributed by atoms with Crippen molar-refractivity contribution in [1.29, 1.82) is 0 Å². The van der Waals surface area contributed by atoms with Crippen LogP contribution in [-0.2, 0) is 9.84 Å². The van der Waals surface area contributed by atoms with Crippen molar-refractivity contribution >= 4 is 21.4 Å². The number of anilines is 1. The van der Waals surface area contributed by atoms with Crippen LogP contribution in [0.5, 0.6) is 0 Å². The number of rotatable bonds is 3. The average Bonchev–Trinajstić information content (AvgIpc) is 2.67. The van der Waals surface area contributed by atoms with Gasteiger partial charge in [0, 0.05) is 23.5 Å². The molecule has 21 heavy (non-hydrogen) atoms. The van der Waals surface area contributed by atoms with E-state index in [1.165, 1.54) is 0 Å². The first-order valence-corrected chi connectivity index (χ1v) is 8.72. The molecule has 0 aromatic carbocycles. The van der Waals surface area contributed by atoms with Crippen LogP contribution in [0, 0.1) is 0 Å². The molecule has 1 unspecified atom stereocenters. The fourth-order valence-corrected chi connectivity index (χ4v) is 3.87. The minimum atomic E-state index is -2.92. The second-order valence-corrected chi connectivity index (χ2v) is 8.61. The van der Waals surface area contributed by atoms with Gasteiger partial charge in [-0.1, -0.05) is 0 Å². The Kier molecular flexibility index (Phi) is 4.22. The van der Waals surface area contributed by atoms with Crippen molar-refractivity contribution in [3.8, 4) is 0 Å². The van der Waals surface area contributed by atoms with Crippen molar-refractivity contribution in [1.82, 2.24) is 10.3 Å². The highest BCUT2D eigenvalue weighted by Crippen LogP contribution is 2.18. The van der Waals surface area contributed by atoms with Crippen molar-refractivity contribution in [3.63, 3.8) is 0 Å². The molecule has 1 atom stereocenters. The zero-order valence-corrected chi connectivity index (χ0v) is 13.3. The third-order valence-electron chi connectivity index (χ3n) is 3.08. The summed E-state index contributed by atoms with van der Waals surface area (Å²) in [6.07, 6.45) is 2.14. The Morgan fingerprint density at radius 2 is 2.10 bits per heavy atom. The molecule has 0 saturated carbocycles. The Morgan fingerprint density at radius 3 is 2.67 bits per heavy atom. The largest absolute Gasteiger partial charge is 0.381 e. The lowest BCUT2D eigenvalue weighted by Gasteiger charge is -2.20. The van der Waals surface area contributed by atoms with Crippen LogP contribution in [0.1, 0.15) is 37.7 Å². The lowest BCUT2D eigenvalue weighted by molar-refractivity contribution is 0.0914. The van der Waals surface area contributed by atoms with E-state index < -0.39 is 9.84 Å². The van der Waals surface area contributed by atoms with Gasteiger partial charge in [0.25, 0.3) is 5.91 Å². The minimum absolute atomic E-state index is 0.101. The topological polar surface area (TPSA) is 88.2 Å². The summed E-state index contributed by atoms with van der Waals surface area (Å²) >= 11 is 0. The van der Waals surface area contributed by atoms with Crippen molar-refractivity contribution < 1.29 is 13.2 Å². The van der Waals surface area contributed by atoms with Gasteiger partial charge >= 0.3 is 0 Å². The number of carbonyl (C=O) groups excluding carboxylic acids is 1. The van der Waals surface area contributed by atoms with Crippen LogP contribution in [0.3, 0.4) is 0 Å². The summed E-state index contributed by atoms with van der Waals surface area (Å²) in [5, 5.41) is 6.00. The molecule has 1 aliphatic rings. The molecule has 1 saturated heterocycles. The summed E-state index contributed by atoms with van der Waals surface area (Å²) in [4.78, 5) is 16.1. The SMILES string of the molecule is CC(C)(C)NC(=O)c1cc(NC2CCS(=O)(=O)C2)ccn1. The molecule has 2 N–H and O–H groups in total. The standard InChI is InChI=1S/C14H21N3O3S/c1-14(2,3)17-13(18)12-8-10(4-6-15-12)16-11-5-7-21(19,20)9-11/h4,6,8,11H,5,7,9H2,1-3H3,(H,15,16)(H,17,18). The molecular formula is C14H21N3O3S. The lowest BCUT2D eigenvalue weighted by atomic mass is 10.1. The minimum Gasteiger partial charge on any atom is -0.381 e. The highest BCUT2D eigenvalue weighted by molar-refractivity contribution is 7.91. The van der Waals surface area contributed by atoms with Gasteiger partial charge in [0.2, 0.25) is 0 Å². The van der Waals surface area contributed by atoms with E-state index in [0.29, 0.717) is 17.8 Å². The molecule has 1 fully saturated rings. The maximum Gasteiger partial charge on any atom is 0.270 e. The van der Waals surface area contributed by atoms with Crippen molar-refractivity contribution in [2.45, 2.75) is 38.8 Å². The van der Waals surface area contributed by atoms with Crippen LogP contribution < -0.4 is 10.6 Å². The van der Waals surface area contributed by atoms with Crippen LogP contribution in [0.15, 0.2) is 18.3 Å². The number of carbonyl (C=O) groups is 1. The van der Waals surface area contributed by atoms with Gasteiger partial charge in [-0.05, 0) is 39.3 Å². The molecule has 7 heteroatoms. The Balaban J connectivity index is 2.06. The second-order valence-electron chi connectivity index (χ2n) is 6.38. The van der Waals surface area contributed by atoms with Gasteiger partial charge in [0.05, 0.1) is 11.5 Å². The molecule has 2 heterocycles. The predicted molar refractivity (Wildman–Crippen MR) is 82.1 cm³/mol. The number of amides is 1. The number of nitrogens with zero attached hydrogens (tertiary/aromatic N) is 1. The zero-order valence-electron chi connectivity index (χ0n) is 12.5. The van der Waals surface area contributed by atoms with Gasteiger partial charge < -0.3 is 10.6 Å². The van der Waals surface area contributed by atoms with Crippen molar-refractivity contribution in [2.24, 2.45) is 0 Å². The molecule has 0 bridgehead atoms. The molecule has 1 aliphatic heterocycles. The first kappa shape index (κ1) is 15.8. The van der Waals surface area contributed by atoms with Crippen LogP contribution in [0.25, 0.3) is 0 Å². The van der Waals surface area contributed by atoms with Gasteiger partial charge in [-0.3, -0.25) is 9.78 Å². The molecule has 116 valence electrons. The van der Waals surface area contributed by atoms with Gasteiger partial charge in [0.1, 0.15) is 5.69 Å². The predicted octanol–water partition coefficient (Wildman–Crippen LogP) is 1.21. The molecular weight excluding hydrogens is 290 g/mol.